The number of carbonyl (C=O) groups excluding carboxylic acids is 1. The highest BCUT2D eigenvalue weighted by atomic mass is 35.5. The van der Waals surface area contributed by atoms with Gasteiger partial charge in [-0.05, 0) is 6.92 Å². The molecule has 0 atom stereocenters. The van der Waals surface area contributed by atoms with Gasteiger partial charge in [-0.2, -0.15) is 0 Å². The highest BCUT2D eigenvalue weighted by Crippen LogP contribution is 2.21. The van der Waals surface area contributed by atoms with E-state index in [4.69, 9.17) is 27.6 Å². The van der Waals surface area contributed by atoms with Crippen LogP contribution < -0.4 is 0 Å². The van der Waals surface area contributed by atoms with Crippen molar-refractivity contribution >= 4 is 39.7 Å². The van der Waals surface area contributed by atoms with Gasteiger partial charge < -0.3 is 9.16 Å². The summed E-state index contributed by atoms with van der Waals surface area (Å²) in [5.41, 5.74) is 0.299. The van der Waals surface area contributed by atoms with Gasteiger partial charge in [0.15, 0.2) is 0 Å². The number of hydrogen-bond acceptors (Lipinski definition) is 3. The molecule has 0 saturated heterocycles. The molecule has 0 aliphatic heterocycles. The van der Waals surface area contributed by atoms with E-state index in [1.54, 1.807) is 0 Å². The number of hydrogen-bond donors (Lipinski definition) is 0. The van der Waals surface area contributed by atoms with Crippen LogP contribution >= 0.6 is 23.2 Å². The quantitative estimate of drug-likeness (QED) is 0.305. The van der Waals surface area contributed by atoms with Crippen LogP contribution in [0.5, 0.6) is 0 Å². The SMILES string of the molecule is C=C(C)C(=O)OCC(Cl)(Cl)O[SiH3]. The van der Waals surface area contributed by atoms with Crippen LogP contribution in [-0.4, -0.2) is 27.6 Å². The van der Waals surface area contributed by atoms with Gasteiger partial charge in [0.25, 0.3) is 0 Å². The van der Waals surface area contributed by atoms with Crippen LogP contribution in [0.3, 0.4) is 0 Å². The summed E-state index contributed by atoms with van der Waals surface area (Å²) in [6.07, 6.45) is 0. The van der Waals surface area contributed by atoms with Crippen molar-refractivity contribution in [2.45, 2.75) is 11.4 Å². The Morgan fingerprint density at radius 1 is 1.67 bits per heavy atom. The molecule has 0 fully saturated rings. The zero-order chi connectivity index (χ0) is 9.78. The summed E-state index contributed by atoms with van der Waals surface area (Å²) >= 11 is 11.1. The van der Waals surface area contributed by atoms with Crippen LogP contribution in [-0.2, 0) is 14.0 Å². The highest BCUT2D eigenvalue weighted by molar-refractivity contribution is 6.48. The molecule has 0 N–H and O–H groups in total. The van der Waals surface area contributed by atoms with Crippen molar-refractivity contribution in [2.24, 2.45) is 0 Å². The summed E-state index contributed by atoms with van der Waals surface area (Å²) in [5.74, 6) is -0.528. The monoisotopic (exact) mass is 228 g/mol. The summed E-state index contributed by atoms with van der Waals surface area (Å²) in [5, 5.41) is 0. The van der Waals surface area contributed by atoms with Crippen molar-refractivity contribution in [1.82, 2.24) is 0 Å². The first-order valence-electron chi connectivity index (χ1n) is 3.14. The Hall–Kier alpha value is -0.0331. The number of ether oxygens (including phenoxy) is 1. The molecular weight excluding hydrogens is 219 g/mol. The summed E-state index contributed by atoms with van der Waals surface area (Å²) < 4.78 is 7.97. The van der Waals surface area contributed by atoms with Gasteiger partial charge >= 0.3 is 5.97 Å². The second kappa shape index (κ2) is 4.86. The summed E-state index contributed by atoms with van der Waals surface area (Å²) in [6.45, 7) is 4.74. The molecule has 0 aromatic heterocycles. The van der Waals surface area contributed by atoms with E-state index in [1.807, 2.05) is 0 Å². The zero-order valence-corrected chi connectivity index (χ0v) is 10.4. The molecule has 0 spiro atoms. The summed E-state index contributed by atoms with van der Waals surface area (Å²) in [6, 6.07) is 0. The van der Waals surface area contributed by atoms with Crippen molar-refractivity contribution in [1.29, 1.82) is 0 Å². The summed E-state index contributed by atoms with van der Waals surface area (Å²) in [4.78, 5) is 10.8. The molecule has 0 radical (unpaired) electrons. The lowest BCUT2D eigenvalue weighted by molar-refractivity contribution is -0.140. The Morgan fingerprint density at radius 3 is 2.50 bits per heavy atom. The molecular formula is C6H10Cl2O3Si. The molecule has 0 aromatic rings. The Bertz CT molecular complexity index is 193. The molecule has 0 bridgehead atoms. The number of rotatable bonds is 4. The molecule has 70 valence electrons. The minimum Gasteiger partial charge on any atom is -0.457 e. The number of esters is 1. The molecule has 0 unspecified atom stereocenters. The van der Waals surface area contributed by atoms with E-state index in [0.29, 0.717) is 16.1 Å². The first kappa shape index (κ1) is 12.0. The fourth-order valence-electron chi connectivity index (χ4n) is 0.332. The first-order valence-corrected chi connectivity index (χ1v) is 4.72. The maximum Gasteiger partial charge on any atom is 0.333 e. The molecule has 3 nitrogen and oxygen atoms in total. The second-order valence-electron chi connectivity index (χ2n) is 2.20. The second-order valence-corrected chi connectivity index (χ2v) is 4.02. The number of carbonyl (C=O) groups is 1. The van der Waals surface area contributed by atoms with Gasteiger partial charge in [-0.1, -0.05) is 29.8 Å². The van der Waals surface area contributed by atoms with Crippen molar-refractivity contribution in [3.05, 3.63) is 12.2 Å². The Morgan fingerprint density at radius 2 is 2.17 bits per heavy atom. The lowest BCUT2D eigenvalue weighted by Crippen LogP contribution is -2.25. The Kier molecular flexibility index (Phi) is 4.85. The third-order valence-corrected chi connectivity index (χ3v) is 2.76. The van der Waals surface area contributed by atoms with Gasteiger partial charge in [0.2, 0.25) is 4.52 Å². The lowest BCUT2D eigenvalue weighted by atomic mass is 10.4. The van der Waals surface area contributed by atoms with Crippen molar-refractivity contribution < 1.29 is 14.0 Å². The van der Waals surface area contributed by atoms with E-state index in [2.05, 4.69) is 11.3 Å². The van der Waals surface area contributed by atoms with Crippen molar-refractivity contribution in [3.8, 4) is 0 Å². The predicted molar refractivity (Wildman–Crippen MR) is 51.2 cm³/mol. The maximum absolute atomic E-state index is 10.8. The predicted octanol–water partition coefficient (Wildman–Crippen LogP) is 0.534. The average molecular weight is 229 g/mol. The minimum atomic E-state index is -1.42. The van der Waals surface area contributed by atoms with Crippen LogP contribution in [0.4, 0.5) is 0 Å². The van der Waals surface area contributed by atoms with Crippen LogP contribution in [0.15, 0.2) is 12.2 Å². The van der Waals surface area contributed by atoms with E-state index in [1.165, 1.54) is 6.92 Å². The van der Waals surface area contributed by atoms with Crippen molar-refractivity contribution in [3.63, 3.8) is 0 Å². The van der Waals surface area contributed by atoms with E-state index in [9.17, 15) is 4.79 Å². The fourth-order valence-corrected chi connectivity index (χ4v) is 0.559. The van der Waals surface area contributed by atoms with Crippen LogP contribution in [0, 0.1) is 0 Å². The third-order valence-electron chi connectivity index (χ3n) is 1.02. The molecule has 0 amide bonds. The highest BCUT2D eigenvalue weighted by Gasteiger charge is 2.24. The van der Waals surface area contributed by atoms with Gasteiger partial charge in [0.05, 0.1) is 0 Å². The summed E-state index contributed by atoms with van der Waals surface area (Å²) in [7, 11) is 0.376. The molecule has 6 heteroatoms. The first-order chi connectivity index (χ1) is 5.39. The number of alkyl halides is 2. The maximum atomic E-state index is 10.8. The van der Waals surface area contributed by atoms with Gasteiger partial charge in [-0.3, -0.25) is 0 Å². The lowest BCUT2D eigenvalue weighted by Gasteiger charge is -2.17. The standard InChI is InChI=1S/C6H10Cl2O3Si/c1-4(2)5(9)10-3-6(7,8)11-12/h1,3H2,2,12H3. The van der Waals surface area contributed by atoms with Gasteiger partial charge in [0, 0.05) is 5.57 Å². The Labute approximate surface area is 84.2 Å². The molecule has 0 saturated carbocycles. The minimum absolute atomic E-state index is 0.189. The molecule has 0 aliphatic rings. The smallest absolute Gasteiger partial charge is 0.333 e. The largest absolute Gasteiger partial charge is 0.457 e. The molecule has 12 heavy (non-hydrogen) atoms. The topological polar surface area (TPSA) is 35.5 Å². The van der Waals surface area contributed by atoms with E-state index in [-0.39, 0.29) is 6.61 Å². The number of halogens is 2. The zero-order valence-electron chi connectivity index (χ0n) is 6.89. The van der Waals surface area contributed by atoms with Gasteiger partial charge in [-0.25, -0.2) is 4.79 Å². The van der Waals surface area contributed by atoms with Crippen molar-refractivity contribution in [2.75, 3.05) is 6.61 Å². The Balaban J connectivity index is 3.83. The van der Waals surface area contributed by atoms with Crippen LogP contribution in [0.2, 0.25) is 0 Å². The fraction of sp³-hybridized carbons (Fsp3) is 0.500. The molecule has 0 heterocycles. The van der Waals surface area contributed by atoms with E-state index in [0.717, 1.165) is 0 Å². The van der Waals surface area contributed by atoms with Crippen LogP contribution in [0.25, 0.3) is 0 Å². The van der Waals surface area contributed by atoms with Crippen LogP contribution in [0.1, 0.15) is 6.92 Å². The molecule has 0 aliphatic carbocycles. The van der Waals surface area contributed by atoms with Gasteiger partial charge in [-0.15, -0.1) is 0 Å². The molecule has 0 aromatic carbocycles. The van der Waals surface area contributed by atoms with E-state index >= 15 is 0 Å². The van der Waals surface area contributed by atoms with Gasteiger partial charge in [0.1, 0.15) is 17.1 Å². The third kappa shape index (κ3) is 4.77. The average Bonchev–Trinajstić information content (AvgIpc) is 2.00. The van der Waals surface area contributed by atoms with E-state index < -0.39 is 10.5 Å². The normalized spacial score (nSPS) is 11.2. The molecule has 0 rings (SSSR count).